The van der Waals surface area contributed by atoms with E-state index in [-0.39, 0.29) is 17.2 Å². The molecule has 8 heteroatoms. The number of amides is 1. The quantitative estimate of drug-likeness (QED) is 0.619. The van der Waals surface area contributed by atoms with Crippen molar-refractivity contribution in [2.75, 3.05) is 26.6 Å². The molecule has 0 aliphatic heterocycles. The molecule has 29 heavy (non-hydrogen) atoms. The summed E-state index contributed by atoms with van der Waals surface area (Å²) >= 11 is 0. The van der Waals surface area contributed by atoms with Gasteiger partial charge in [-0.05, 0) is 23.8 Å². The smallest absolute Gasteiger partial charge is 0.340 e. The Morgan fingerprint density at radius 1 is 1.03 bits per heavy atom. The summed E-state index contributed by atoms with van der Waals surface area (Å²) in [5.74, 6) is -0.234. The minimum absolute atomic E-state index is 0.161. The van der Waals surface area contributed by atoms with Crippen LogP contribution in [-0.4, -0.2) is 43.0 Å². The van der Waals surface area contributed by atoms with E-state index in [0.29, 0.717) is 23.6 Å². The molecule has 0 bridgehead atoms. The highest BCUT2D eigenvalue weighted by Gasteiger charge is 2.19. The number of nitrogens with one attached hydrogen (secondary N) is 1. The van der Waals surface area contributed by atoms with Gasteiger partial charge in [0.15, 0.2) is 11.5 Å². The van der Waals surface area contributed by atoms with Gasteiger partial charge in [-0.3, -0.25) is 9.48 Å². The SMILES string of the molecule is COC(=O)c1cc(OC)c(OC)cc1NC(=O)c1ccc(Cn2cccn2)cc1. The van der Waals surface area contributed by atoms with Gasteiger partial charge in [-0.1, -0.05) is 12.1 Å². The Bertz CT molecular complexity index is 998. The number of esters is 1. The van der Waals surface area contributed by atoms with Crippen LogP contribution < -0.4 is 14.8 Å². The van der Waals surface area contributed by atoms with Gasteiger partial charge in [0.1, 0.15) is 0 Å². The molecule has 3 aromatic rings. The van der Waals surface area contributed by atoms with Crippen LogP contribution >= 0.6 is 0 Å². The lowest BCUT2D eigenvalue weighted by atomic mass is 10.1. The van der Waals surface area contributed by atoms with E-state index in [9.17, 15) is 9.59 Å². The molecule has 0 aliphatic carbocycles. The molecule has 0 radical (unpaired) electrons. The fraction of sp³-hybridized carbons (Fsp3) is 0.190. The van der Waals surface area contributed by atoms with Crippen molar-refractivity contribution in [1.82, 2.24) is 9.78 Å². The number of hydrogen-bond donors (Lipinski definition) is 1. The number of anilines is 1. The van der Waals surface area contributed by atoms with E-state index in [4.69, 9.17) is 14.2 Å². The van der Waals surface area contributed by atoms with Gasteiger partial charge in [-0.2, -0.15) is 5.10 Å². The van der Waals surface area contributed by atoms with Gasteiger partial charge < -0.3 is 19.5 Å². The van der Waals surface area contributed by atoms with E-state index >= 15 is 0 Å². The van der Waals surface area contributed by atoms with Crippen molar-refractivity contribution in [3.8, 4) is 11.5 Å². The molecule has 1 N–H and O–H groups in total. The number of aromatic nitrogens is 2. The lowest BCUT2D eigenvalue weighted by Gasteiger charge is -2.14. The maximum absolute atomic E-state index is 12.7. The summed E-state index contributed by atoms with van der Waals surface area (Å²) < 4.78 is 17.1. The lowest BCUT2D eigenvalue weighted by molar-refractivity contribution is 0.0601. The van der Waals surface area contributed by atoms with Crippen molar-refractivity contribution in [3.63, 3.8) is 0 Å². The van der Waals surface area contributed by atoms with Gasteiger partial charge in [0.2, 0.25) is 0 Å². The molecule has 8 nitrogen and oxygen atoms in total. The number of nitrogens with zero attached hydrogens (tertiary/aromatic N) is 2. The van der Waals surface area contributed by atoms with E-state index in [1.54, 1.807) is 23.0 Å². The number of carbonyl (C=O) groups is 2. The molecule has 2 aromatic carbocycles. The van der Waals surface area contributed by atoms with Gasteiger partial charge in [-0.25, -0.2) is 4.79 Å². The topological polar surface area (TPSA) is 91.7 Å². The molecule has 1 amide bonds. The minimum atomic E-state index is -0.601. The summed E-state index contributed by atoms with van der Waals surface area (Å²) in [5.41, 5.74) is 1.88. The van der Waals surface area contributed by atoms with Gasteiger partial charge >= 0.3 is 5.97 Å². The average molecular weight is 395 g/mol. The predicted octanol–water partition coefficient (Wildman–Crippen LogP) is 2.99. The standard InChI is InChI=1S/C21H21N3O5/c1-27-18-11-16(21(26)29-3)17(12-19(18)28-2)23-20(25)15-7-5-14(6-8-15)13-24-10-4-9-22-24/h4-12H,13H2,1-3H3,(H,23,25). The zero-order chi connectivity index (χ0) is 20.8. The third kappa shape index (κ3) is 4.55. The molecule has 0 unspecified atom stereocenters. The number of methoxy groups -OCH3 is 3. The number of carbonyl (C=O) groups excluding carboxylic acids is 2. The predicted molar refractivity (Wildman–Crippen MR) is 107 cm³/mol. The first-order chi connectivity index (χ1) is 14.0. The third-order valence-corrected chi connectivity index (χ3v) is 4.30. The van der Waals surface area contributed by atoms with E-state index in [1.807, 2.05) is 24.4 Å². The van der Waals surface area contributed by atoms with Crippen LogP contribution in [0.25, 0.3) is 0 Å². The Morgan fingerprint density at radius 2 is 1.72 bits per heavy atom. The Labute approximate surface area is 168 Å². The highest BCUT2D eigenvalue weighted by molar-refractivity contribution is 6.08. The number of rotatable bonds is 7. The van der Waals surface area contributed by atoms with Crippen molar-refractivity contribution in [1.29, 1.82) is 0 Å². The zero-order valence-corrected chi connectivity index (χ0v) is 16.3. The van der Waals surface area contributed by atoms with Gasteiger partial charge in [0, 0.05) is 30.1 Å². The Morgan fingerprint density at radius 3 is 2.31 bits per heavy atom. The largest absolute Gasteiger partial charge is 0.493 e. The van der Waals surface area contributed by atoms with Crippen LogP contribution in [0.2, 0.25) is 0 Å². The summed E-state index contributed by atoms with van der Waals surface area (Å²) in [6, 6.07) is 12.0. The molecule has 150 valence electrons. The van der Waals surface area contributed by atoms with Crippen LogP contribution in [0.4, 0.5) is 5.69 Å². The van der Waals surface area contributed by atoms with E-state index < -0.39 is 5.97 Å². The van der Waals surface area contributed by atoms with Crippen LogP contribution in [0.1, 0.15) is 26.3 Å². The first kappa shape index (κ1) is 19.9. The van der Waals surface area contributed by atoms with Crippen molar-refractivity contribution in [3.05, 3.63) is 71.5 Å². The van der Waals surface area contributed by atoms with Crippen LogP contribution in [0.15, 0.2) is 54.9 Å². The van der Waals surface area contributed by atoms with Crippen molar-refractivity contribution < 1.29 is 23.8 Å². The zero-order valence-electron chi connectivity index (χ0n) is 16.3. The fourth-order valence-electron chi connectivity index (χ4n) is 2.80. The molecule has 1 aromatic heterocycles. The Hall–Kier alpha value is -3.81. The second-order valence-corrected chi connectivity index (χ2v) is 6.10. The molecule has 3 rings (SSSR count). The molecular formula is C21H21N3O5. The van der Waals surface area contributed by atoms with Crippen LogP contribution in [0.5, 0.6) is 11.5 Å². The van der Waals surface area contributed by atoms with Crippen molar-refractivity contribution >= 4 is 17.6 Å². The van der Waals surface area contributed by atoms with Crippen molar-refractivity contribution in [2.45, 2.75) is 6.54 Å². The average Bonchev–Trinajstić information content (AvgIpc) is 3.26. The van der Waals surface area contributed by atoms with E-state index in [0.717, 1.165) is 5.56 Å². The second-order valence-electron chi connectivity index (χ2n) is 6.10. The fourth-order valence-corrected chi connectivity index (χ4v) is 2.80. The van der Waals surface area contributed by atoms with E-state index in [1.165, 1.54) is 33.5 Å². The number of ether oxygens (including phenoxy) is 3. The van der Waals surface area contributed by atoms with Gasteiger partial charge in [0.05, 0.1) is 39.1 Å². The maximum Gasteiger partial charge on any atom is 0.340 e. The second kappa shape index (κ2) is 8.92. The monoisotopic (exact) mass is 395 g/mol. The molecule has 0 atom stereocenters. The minimum Gasteiger partial charge on any atom is -0.493 e. The van der Waals surface area contributed by atoms with E-state index in [2.05, 4.69) is 10.4 Å². The molecule has 0 fully saturated rings. The lowest BCUT2D eigenvalue weighted by Crippen LogP contribution is -2.16. The first-order valence-electron chi connectivity index (χ1n) is 8.77. The maximum atomic E-state index is 12.7. The molecule has 0 saturated heterocycles. The molecular weight excluding hydrogens is 374 g/mol. The number of hydrogen-bond acceptors (Lipinski definition) is 6. The van der Waals surface area contributed by atoms with Crippen LogP contribution in [0, 0.1) is 0 Å². The van der Waals surface area contributed by atoms with Gasteiger partial charge in [-0.15, -0.1) is 0 Å². The number of benzene rings is 2. The highest BCUT2D eigenvalue weighted by atomic mass is 16.5. The molecule has 1 heterocycles. The van der Waals surface area contributed by atoms with Crippen LogP contribution in [-0.2, 0) is 11.3 Å². The first-order valence-corrected chi connectivity index (χ1v) is 8.77. The highest BCUT2D eigenvalue weighted by Crippen LogP contribution is 2.34. The summed E-state index contributed by atoms with van der Waals surface area (Å²) in [7, 11) is 4.20. The summed E-state index contributed by atoms with van der Waals surface area (Å²) in [4.78, 5) is 24.8. The van der Waals surface area contributed by atoms with Crippen LogP contribution in [0.3, 0.4) is 0 Å². The molecule has 0 spiro atoms. The summed E-state index contributed by atoms with van der Waals surface area (Å²) in [6.45, 7) is 0.608. The summed E-state index contributed by atoms with van der Waals surface area (Å²) in [5, 5.41) is 6.90. The van der Waals surface area contributed by atoms with Gasteiger partial charge in [0.25, 0.3) is 5.91 Å². The third-order valence-electron chi connectivity index (χ3n) is 4.30. The Balaban J connectivity index is 1.83. The summed E-state index contributed by atoms with van der Waals surface area (Å²) in [6.07, 6.45) is 3.58. The molecule has 0 aliphatic rings. The Kier molecular flexibility index (Phi) is 6.13. The van der Waals surface area contributed by atoms with Crippen molar-refractivity contribution in [2.24, 2.45) is 0 Å². The molecule has 0 saturated carbocycles. The normalized spacial score (nSPS) is 10.3.